The molecule has 0 aliphatic carbocycles. The Morgan fingerprint density at radius 1 is 1.54 bits per heavy atom. The Morgan fingerprint density at radius 3 is 2.92 bits per heavy atom. The van der Waals surface area contributed by atoms with Gasteiger partial charge < -0.3 is 4.42 Å². The number of rotatable bonds is 2. The number of hydrogen-bond donors (Lipinski definition) is 0. The van der Waals surface area contributed by atoms with E-state index in [0.29, 0.717) is 4.88 Å². The maximum atomic E-state index is 10.4. The summed E-state index contributed by atoms with van der Waals surface area (Å²) in [6.07, 6.45) is 2.34. The first kappa shape index (κ1) is 8.19. The number of nitrogens with zero attached hydrogens (tertiary/aromatic N) is 1. The molecule has 0 bridgehead atoms. The van der Waals surface area contributed by atoms with E-state index in [-0.39, 0.29) is 0 Å². The molecule has 0 saturated heterocycles. The van der Waals surface area contributed by atoms with E-state index in [1.807, 2.05) is 19.1 Å². The fourth-order valence-electron chi connectivity index (χ4n) is 1.00. The lowest BCUT2D eigenvalue weighted by Gasteiger charge is -1.86. The van der Waals surface area contributed by atoms with Crippen LogP contribution in [-0.4, -0.2) is 11.3 Å². The van der Waals surface area contributed by atoms with Crippen molar-refractivity contribution in [3.05, 3.63) is 29.0 Å². The summed E-state index contributed by atoms with van der Waals surface area (Å²) < 4.78 is 5.36. The van der Waals surface area contributed by atoms with Crippen LogP contribution in [0.5, 0.6) is 0 Å². The molecular weight excluding hydrogens is 186 g/mol. The molecule has 0 aliphatic heterocycles. The van der Waals surface area contributed by atoms with Crippen LogP contribution in [0.3, 0.4) is 0 Å². The molecule has 2 aromatic rings. The zero-order chi connectivity index (χ0) is 9.26. The normalized spacial score (nSPS) is 10.2. The quantitative estimate of drug-likeness (QED) is 0.688. The van der Waals surface area contributed by atoms with Gasteiger partial charge in [0.1, 0.15) is 5.76 Å². The molecule has 2 heterocycles. The van der Waals surface area contributed by atoms with Crippen molar-refractivity contribution in [2.75, 3.05) is 0 Å². The van der Waals surface area contributed by atoms with Crippen LogP contribution in [-0.2, 0) is 0 Å². The van der Waals surface area contributed by atoms with Gasteiger partial charge in [0.15, 0.2) is 17.1 Å². The molecule has 0 saturated carbocycles. The van der Waals surface area contributed by atoms with E-state index in [9.17, 15) is 4.79 Å². The number of aromatic nitrogens is 1. The topological polar surface area (TPSA) is 43.1 Å². The molecule has 0 spiro atoms. The predicted octanol–water partition coefficient (Wildman–Crippen LogP) is 2.52. The second-order valence-electron chi connectivity index (χ2n) is 2.60. The highest BCUT2D eigenvalue weighted by Gasteiger charge is 2.07. The molecule has 0 fully saturated rings. The third kappa shape index (κ3) is 1.53. The van der Waals surface area contributed by atoms with Gasteiger partial charge in [-0.15, -0.1) is 11.3 Å². The van der Waals surface area contributed by atoms with Crippen LogP contribution in [0.25, 0.3) is 10.8 Å². The van der Waals surface area contributed by atoms with Crippen molar-refractivity contribution >= 4 is 17.6 Å². The Morgan fingerprint density at radius 2 is 2.38 bits per heavy atom. The molecule has 4 heteroatoms. The molecular formula is C9H7NO2S. The van der Waals surface area contributed by atoms with Gasteiger partial charge in [0.05, 0.1) is 4.88 Å². The molecule has 0 amide bonds. The monoisotopic (exact) mass is 193 g/mol. The molecule has 2 aromatic heterocycles. The van der Waals surface area contributed by atoms with Crippen molar-refractivity contribution in [3.8, 4) is 10.8 Å². The van der Waals surface area contributed by atoms with Gasteiger partial charge in [-0.1, -0.05) is 0 Å². The zero-order valence-electron chi connectivity index (χ0n) is 6.98. The van der Waals surface area contributed by atoms with Gasteiger partial charge in [0.25, 0.3) is 0 Å². The molecule has 0 atom stereocenters. The van der Waals surface area contributed by atoms with Gasteiger partial charge in [-0.05, 0) is 19.1 Å². The Bertz CT molecular complexity index is 430. The first-order valence-corrected chi connectivity index (χ1v) is 4.59. The Labute approximate surface area is 79.0 Å². The minimum absolute atomic E-state index is 0.615. The van der Waals surface area contributed by atoms with Crippen molar-refractivity contribution in [2.24, 2.45) is 0 Å². The van der Waals surface area contributed by atoms with Crippen LogP contribution in [0.15, 0.2) is 22.7 Å². The van der Waals surface area contributed by atoms with E-state index >= 15 is 0 Å². The van der Waals surface area contributed by atoms with E-state index in [0.717, 1.165) is 22.8 Å². The Kier molecular flexibility index (Phi) is 1.98. The molecule has 66 valence electrons. The highest BCUT2D eigenvalue weighted by atomic mass is 32.1. The van der Waals surface area contributed by atoms with E-state index in [1.54, 1.807) is 6.20 Å². The van der Waals surface area contributed by atoms with Gasteiger partial charge >= 0.3 is 0 Å². The van der Waals surface area contributed by atoms with E-state index < -0.39 is 0 Å². The van der Waals surface area contributed by atoms with Crippen molar-refractivity contribution in [3.63, 3.8) is 0 Å². The standard InChI is InChI=1S/C9H7NO2S/c1-6-2-3-8(12-6)9-10-4-7(5-11)13-9/h2-5H,1H3. The minimum atomic E-state index is 0.615. The lowest BCUT2D eigenvalue weighted by molar-refractivity contribution is 0.112. The predicted molar refractivity (Wildman–Crippen MR) is 49.9 cm³/mol. The first-order chi connectivity index (χ1) is 6.29. The molecule has 0 aromatic carbocycles. The van der Waals surface area contributed by atoms with Gasteiger partial charge in [-0.25, -0.2) is 4.98 Å². The zero-order valence-corrected chi connectivity index (χ0v) is 7.80. The molecule has 0 radical (unpaired) electrons. The summed E-state index contributed by atoms with van der Waals surface area (Å²) in [5.74, 6) is 1.56. The average molecular weight is 193 g/mol. The number of aldehydes is 1. The highest BCUT2D eigenvalue weighted by Crippen LogP contribution is 2.25. The second kappa shape index (κ2) is 3.14. The number of thiazole rings is 1. The fraction of sp³-hybridized carbons (Fsp3) is 0.111. The van der Waals surface area contributed by atoms with Gasteiger partial charge in [-0.2, -0.15) is 0 Å². The van der Waals surface area contributed by atoms with Crippen LogP contribution < -0.4 is 0 Å². The van der Waals surface area contributed by atoms with Crippen LogP contribution >= 0.6 is 11.3 Å². The van der Waals surface area contributed by atoms with E-state index in [1.165, 1.54) is 11.3 Å². The van der Waals surface area contributed by atoms with Crippen molar-refractivity contribution in [2.45, 2.75) is 6.92 Å². The maximum Gasteiger partial charge on any atom is 0.162 e. The first-order valence-electron chi connectivity index (χ1n) is 3.77. The van der Waals surface area contributed by atoms with Crippen molar-refractivity contribution in [1.82, 2.24) is 4.98 Å². The number of carbonyl (C=O) groups is 1. The summed E-state index contributed by atoms with van der Waals surface area (Å²) in [6, 6.07) is 3.72. The molecule has 0 aliphatic rings. The van der Waals surface area contributed by atoms with Gasteiger partial charge in [-0.3, -0.25) is 4.79 Å². The lowest BCUT2D eigenvalue weighted by atomic mass is 10.4. The number of furan rings is 1. The van der Waals surface area contributed by atoms with Crippen molar-refractivity contribution in [1.29, 1.82) is 0 Å². The molecule has 13 heavy (non-hydrogen) atoms. The molecule has 0 unspecified atom stereocenters. The summed E-state index contributed by atoms with van der Waals surface area (Å²) in [7, 11) is 0. The summed E-state index contributed by atoms with van der Waals surface area (Å²) in [5, 5.41) is 0.746. The van der Waals surface area contributed by atoms with E-state index in [2.05, 4.69) is 4.98 Å². The van der Waals surface area contributed by atoms with Crippen molar-refractivity contribution < 1.29 is 9.21 Å². The largest absolute Gasteiger partial charge is 0.459 e. The third-order valence-electron chi connectivity index (χ3n) is 1.59. The average Bonchev–Trinajstić information content (AvgIpc) is 2.71. The van der Waals surface area contributed by atoms with Gasteiger partial charge in [0.2, 0.25) is 0 Å². The molecule has 2 rings (SSSR count). The Hall–Kier alpha value is -1.42. The SMILES string of the molecule is Cc1ccc(-c2ncc(C=O)s2)o1. The van der Waals surface area contributed by atoms with Gasteiger partial charge in [0, 0.05) is 6.20 Å². The number of aryl methyl sites for hydroxylation is 1. The fourth-order valence-corrected chi connectivity index (χ4v) is 1.70. The smallest absolute Gasteiger partial charge is 0.162 e. The van der Waals surface area contributed by atoms with Crippen LogP contribution in [0.2, 0.25) is 0 Å². The number of carbonyl (C=O) groups excluding carboxylic acids is 1. The third-order valence-corrected chi connectivity index (χ3v) is 2.53. The summed E-state index contributed by atoms with van der Waals surface area (Å²) in [5.41, 5.74) is 0. The molecule has 3 nitrogen and oxygen atoms in total. The van der Waals surface area contributed by atoms with Crippen LogP contribution in [0.1, 0.15) is 15.4 Å². The second-order valence-corrected chi connectivity index (χ2v) is 3.66. The minimum Gasteiger partial charge on any atom is -0.459 e. The van der Waals surface area contributed by atoms with Crippen LogP contribution in [0, 0.1) is 6.92 Å². The summed E-state index contributed by atoms with van der Waals surface area (Å²) in [6.45, 7) is 1.87. The van der Waals surface area contributed by atoms with E-state index in [4.69, 9.17) is 4.42 Å². The molecule has 0 N–H and O–H groups in total. The lowest BCUT2D eigenvalue weighted by Crippen LogP contribution is -1.66. The maximum absolute atomic E-state index is 10.4. The van der Waals surface area contributed by atoms with Crippen LogP contribution in [0.4, 0.5) is 0 Å². The Balaban J connectivity index is 2.40. The highest BCUT2D eigenvalue weighted by molar-refractivity contribution is 7.16. The number of hydrogen-bond acceptors (Lipinski definition) is 4. The summed E-state index contributed by atoms with van der Waals surface area (Å²) in [4.78, 5) is 15.1. The summed E-state index contributed by atoms with van der Waals surface area (Å²) >= 11 is 1.33.